The summed E-state index contributed by atoms with van der Waals surface area (Å²) < 4.78 is 39.8. The molecule has 1 aliphatic rings. The highest BCUT2D eigenvalue weighted by atomic mass is 79.9. The predicted molar refractivity (Wildman–Crippen MR) is 148 cm³/mol. The Hall–Kier alpha value is -4.23. The summed E-state index contributed by atoms with van der Waals surface area (Å²) in [5, 5.41) is 0.282. The molecule has 0 aliphatic carbocycles. The van der Waals surface area contributed by atoms with Gasteiger partial charge in [0.05, 0.1) is 10.9 Å². The third-order valence-corrected chi connectivity index (χ3v) is 6.63. The summed E-state index contributed by atoms with van der Waals surface area (Å²) in [6.45, 7) is 4.15. The summed E-state index contributed by atoms with van der Waals surface area (Å²) >= 11 is 3.37. The molecule has 222 valence electrons. The van der Waals surface area contributed by atoms with Gasteiger partial charge in [0.2, 0.25) is 12.4 Å². The van der Waals surface area contributed by atoms with Crippen LogP contribution in [0.5, 0.6) is 5.75 Å². The average Bonchev–Trinajstić information content (AvgIpc) is 2.91. The molecule has 2 heterocycles. The van der Waals surface area contributed by atoms with Crippen LogP contribution in [0, 0.1) is 0 Å². The van der Waals surface area contributed by atoms with Crippen molar-refractivity contribution >= 4 is 50.8 Å². The third-order valence-electron chi connectivity index (χ3n) is 6.10. The minimum atomic E-state index is -1.43. The molecule has 4 rings (SSSR count). The Bertz CT molecular complexity index is 1550. The highest BCUT2D eigenvalue weighted by Crippen LogP contribution is 2.32. The van der Waals surface area contributed by atoms with Crippen molar-refractivity contribution in [3.05, 3.63) is 63.4 Å². The number of hydrogen-bond acceptors (Lipinski definition) is 12. The van der Waals surface area contributed by atoms with E-state index in [2.05, 4.69) is 15.9 Å². The van der Waals surface area contributed by atoms with E-state index < -0.39 is 61.2 Å². The quantitative estimate of drug-likeness (QED) is 0.259. The van der Waals surface area contributed by atoms with Crippen molar-refractivity contribution in [1.29, 1.82) is 0 Å². The molecule has 1 fully saturated rings. The van der Waals surface area contributed by atoms with Gasteiger partial charge >= 0.3 is 23.9 Å². The lowest BCUT2D eigenvalue weighted by Gasteiger charge is -2.43. The first kappa shape index (κ1) is 30.7. The minimum Gasteiger partial charge on any atom is -0.463 e. The summed E-state index contributed by atoms with van der Waals surface area (Å²) in [7, 11) is 0. The van der Waals surface area contributed by atoms with Crippen LogP contribution in [0.2, 0.25) is 0 Å². The fourth-order valence-electron chi connectivity index (χ4n) is 4.43. The summed E-state index contributed by atoms with van der Waals surface area (Å²) in [6.07, 6.45) is -5.39. The lowest BCUT2D eigenvalue weighted by molar-refractivity contribution is -0.288. The van der Waals surface area contributed by atoms with Gasteiger partial charge in [0.15, 0.2) is 17.6 Å². The molecule has 1 aromatic heterocycles. The highest BCUT2D eigenvalue weighted by molar-refractivity contribution is 9.10. The molecule has 0 unspecified atom stereocenters. The van der Waals surface area contributed by atoms with Crippen LogP contribution in [-0.2, 0) is 42.9 Å². The minimum absolute atomic E-state index is 0.142. The topological polar surface area (TPSA) is 154 Å². The zero-order valence-corrected chi connectivity index (χ0v) is 24.6. The smallest absolute Gasteiger partial charge is 0.303 e. The van der Waals surface area contributed by atoms with Crippen molar-refractivity contribution in [2.45, 2.75) is 58.4 Å². The summed E-state index contributed by atoms with van der Waals surface area (Å²) in [5.74, 6) is -2.78. The molecule has 0 spiro atoms. The Balaban J connectivity index is 1.70. The molecule has 42 heavy (non-hydrogen) atoms. The van der Waals surface area contributed by atoms with Gasteiger partial charge in [0, 0.05) is 38.2 Å². The monoisotopic (exact) mass is 646 g/mol. The van der Waals surface area contributed by atoms with Crippen molar-refractivity contribution in [3.63, 3.8) is 0 Å². The number of fused-ring (bicyclic) bond motifs is 1. The van der Waals surface area contributed by atoms with E-state index >= 15 is 0 Å². The standard InChI is InChI=1S/C29H27BrO12/c1-14(31)36-13-24-26(38-15(2)32)27(39-16(3)33)28(40-17(4)34)29(42-24)41-20-9-10-21-23(11-20)37-12-22(25(21)35)18-5-7-19(30)8-6-18/h5-12,24,26-29H,13H2,1-4H3/t24-,26+,27-,28+,29-/m0/s1. The predicted octanol–water partition coefficient (Wildman–Crippen LogP) is 3.68. The molecular formula is C29H27BrO12. The van der Waals surface area contributed by atoms with Crippen molar-refractivity contribution in [3.8, 4) is 16.9 Å². The molecule has 0 radical (unpaired) electrons. The van der Waals surface area contributed by atoms with Crippen LogP contribution in [0.15, 0.2) is 62.4 Å². The maximum atomic E-state index is 13.2. The van der Waals surface area contributed by atoms with Crippen LogP contribution < -0.4 is 10.2 Å². The lowest BCUT2D eigenvalue weighted by Crippen LogP contribution is -2.63. The van der Waals surface area contributed by atoms with Crippen molar-refractivity contribution in [2.75, 3.05) is 6.61 Å². The number of esters is 4. The van der Waals surface area contributed by atoms with E-state index in [1.165, 1.54) is 31.4 Å². The van der Waals surface area contributed by atoms with Crippen molar-refractivity contribution in [2.24, 2.45) is 0 Å². The average molecular weight is 647 g/mol. The van der Waals surface area contributed by atoms with E-state index in [-0.39, 0.29) is 22.1 Å². The van der Waals surface area contributed by atoms with Gasteiger partial charge < -0.3 is 32.8 Å². The van der Waals surface area contributed by atoms with Crippen LogP contribution in [0.1, 0.15) is 27.7 Å². The number of ether oxygens (including phenoxy) is 6. The summed E-state index contributed by atoms with van der Waals surface area (Å²) in [6, 6.07) is 11.6. The van der Waals surface area contributed by atoms with Crippen LogP contribution in [0.3, 0.4) is 0 Å². The summed E-state index contributed by atoms with van der Waals surface area (Å²) in [4.78, 5) is 60.7. The van der Waals surface area contributed by atoms with Gasteiger partial charge in [-0.2, -0.15) is 0 Å². The molecule has 1 saturated heterocycles. The van der Waals surface area contributed by atoms with Crippen LogP contribution >= 0.6 is 15.9 Å². The van der Waals surface area contributed by atoms with Gasteiger partial charge in [-0.3, -0.25) is 24.0 Å². The molecule has 12 nitrogen and oxygen atoms in total. The number of halogens is 1. The third kappa shape index (κ3) is 7.34. The van der Waals surface area contributed by atoms with Gasteiger partial charge in [-0.25, -0.2) is 0 Å². The number of rotatable bonds is 8. The van der Waals surface area contributed by atoms with E-state index in [4.69, 9.17) is 32.8 Å². The molecule has 13 heteroatoms. The highest BCUT2D eigenvalue weighted by Gasteiger charge is 2.53. The first-order chi connectivity index (χ1) is 19.9. The zero-order chi connectivity index (χ0) is 30.6. The Morgan fingerprint density at radius 3 is 2.05 bits per heavy atom. The van der Waals surface area contributed by atoms with Gasteiger partial charge in [-0.15, -0.1) is 0 Å². The van der Waals surface area contributed by atoms with Crippen LogP contribution in [0.25, 0.3) is 22.1 Å². The second kappa shape index (κ2) is 13.2. The Kier molecular flexibility index (Phi) is 9.63. The van der Waals surface area contributed by atoms with Gasteiger partial charge in [-0.05, 0) is 29.8 Å². The molecular weight excluding hydrogens is 620 g/mol. The molecule has 0 N–H and O–H groups in total. The molecule has 1 aliphatic heterocycles. The van der Waals surface area contributed by atoms with E-state index in [1.807, 2.05) is 12.1 Å². The maximum Gasteiger partial charge on any atom is 0.303 e. The van der Waals surface area contributed by atoms with E-state index in [0.29, 0.717) is 11.1 Å². The fraction of sp³-hybridized carbons (Fsp3) is 0.345. The van der Waals surface area contributed by atoms with Crippen LogP contribution in [-0.4, -0.2) is 61.2 Å². The second-order valence-corrected chi connectivity index (χ2v) is 10.2. The van der Waals surface area contributed by atoms with Gasteiger partial charge in [0.1, 0.15) is 30.3 Å². The maximum absolute atomic E-state index is 13.2. The van der Waals surface area contributed by atoms with Crippen molar-refractivity contribution in [1.82, 2.24) is 0 Å². The molecule has 0 amide bonds. The van der Waals surface area contributed by atoms with E-state index in [0.717, 1.165) is 25.2 Å². The molecule has 0 bridgehead atoms. The largest absolute Gasteiger partial charge is 0.463 e. The molecule has 5 atom stereocenters. The molecule has 2 aromatic carbocycles. The summed E-state index contributed by atoms with van der Waals surface area (Å²) in [5.41, 5.74) is 0.969. The lowest BCUT2D eigenvalue weighted by atomic mass is 9.98. The number of carbonyl (C=O) groups excluding carboxylic acids is 4. The molecule has 0 saturated carbocycles. The number of carbonyl (C=O) groups is 4. The van der Waals surface area contributed by atoms with E-state index in [9.17, 15) is 24.0 Å². The second-order valence-electron chi connectivity index (χ2n) is 9.33. The first-order valence-electron chi connectivity index (χ1n) is 12.7. The normalized spacial score (nSPS) is 21.7. The number of benzene rings is 2. The van der Waals surface area contributed by atoms with E-state index in [1.54, 1.807) is 12.1 Å². The SMILES string of the molecule is CC(=O)OC[C@@H]1O[C@H](Oc2ccc3c(=O)c(-c4ccc(Br)cc4)coc3c2)[C@H](OC(C)=O)[C@@H](OC(C)=O)[C@@H]1OC(C)=O. The first-order valence-corrected chi connectivity index (χ1v) is 13.5. The molecule has 3 aromatic rings. The number of hydrogen-bond donors (Lipinski definition) is 0. The Labute approximate surface area is 247 Å². The van der Waals surface area contributed by atoms with Crippen molar-refractivity contribution < 1.29 is 52.0 Å². The van der Waals surface area contributed by atoms with Gasteiger partial charge in [-0.1, -0.05) is 28.1 Å². The van der Waals surface area contributed by atoms with Gasteiger partial charge in [0.25, 0.3) is 0 Å². The Morgan fingerprint density at radius 2 is 1.43 bits per heavy atom. The fourth-order valence-corrected chi connectivity index (χ4v) is 4.69. The zero-order valence-electron chi connectivity index (χ0n) is 23.0. The Morgan fingerprint density at radius 1 is 0.810 bits per heavy atom. The van der Waals surface area contributed by atoms with Crippen LogP contribution in [0.4, 0.5) is 0 Å².